The van der Waals surface area contributed by atoms with Gasteiger partial charge in [-0.15, -0.1) is 5.10 Å². The van der Waals surface area contributed by atoms with Crippen LogP contribution in [0.3, 0.4) is 0 Å². The summed E-state index contributed by atoms with van der Waals surface area (Å²) >= 11 is 0. The predicted octanol–water partition coefficient (Wildman–Crippen LogP) is 0.785. The molecule has 1 fully saturated rings. The second-order valence-electron chi connectivity index (χ2n) is 5.03. The lowest BCUT2D eigenvalue weighted by atomic mass is 10.1. The van der Waals surface area contributed by atoms with E-state index in [2.05, 4.69) is 36.4 Å². The van der Waals surface area contributed by atoms with Crippen LogP contribution in [0.2, 0.25) is 0 Å². The van der Waals surface area contributed by atoms with Crippen LogP contribution in [0.25, 0.3) is 0 Å². The summed E-state index contributed by atoms with van der Waals surface area (Å²) in [6.07, 6.45) is 6.63. The predicted molar refractivity (Wildman–Crippen MR) is 77.7 cm³/mol. The van der Waals surface area contributed by atoms with Gasteiger partial charge in [-0.1, -0.05) is 6.07 Å². The Labute approximate surface area is 118 Å². The smallest absolute Gasteiger partial charge is 0.244 e. The molecule has 0 amide bonds. The molecule has 6 heteroatoms. The van der Waals surface area contributed by atoms with Crippen LogP contribution in [0.4, 0.5) is 5.95 Å². The Hall–Kier alpha value is -1.95. The molecule has 0 spiro atoms. The Morgan fingerprint density at radius 2 is 2.20 bits per heavy atom. The molecule has 0 aromatic carbocycles. The van der Waals surface area contributed by atoms with Crippen molar-refractivity contribution in [1.82, 2.24) is 25.5 Å². The Balaban J connectivity index is 1.58. The van der Waals surface area contributed by atoms with E-state index in [0.29, 0.717) is 0 Å². The fraction of sp³-hybridized carbons (Fsp3) is 0.500. The zero-order chi connectivity index (χ0) is 13.6. The number of pyridine rings is 1. The SMILES string of the molecule is c1cncc(CCc2nc(N3CCCNCC3)n[nH]2)c1. The normalized spacial score (nSPS) is 16.1. The van der Waals surface area contributed by atoms with E-state index in [1.807, 2.05) is 12.3 Å². The molecule has 0 atom stereocenters. The van der Waals surface area contributed by atoms with E-state index in [1.54, 1.807) is 6.20 Å². The number of hydrogen-bond acceptors (Lipinski definition) is 5. The lowest BCUT2D eigenvalue weighted by Gasteiger charge is -2.16. The largest absolute Gasteiger partial charge is 0.338 e. The molecular weight excluding hydrogens is 252 g/mol. The van der Waals surface area contributed by atoms with Gasteiger partial charge in [0.05, 0.1) is 0 Å². The van der Waals surface area contributed by atoms with E-state index in [1.165, 1.54) is 5.56 Å². The van der Waals surface area contributed by atoms with Crippen molar-refractivity contribution in [3.63, 3.8) is 0 Å². The molecule has 1 saturated heterocycles. The van der Waals surface area contributed by atoms with Crippen molar-refractivity contribution in [2.45, 2.75) is 19.3 Å². The lowest BCUT2D eigenvalue weighted by molar-refractivity contribution is 0.724. The first-order chi connectivity index (χ1) is 9.92. The van der Waals surface area contributed by atoms with Crippen molar-refractivity contribution >= 4 is 5.95 Å². The van der Waals surface area contributed by atoms with Crippen LogP contribution in [0.1, 0.15) is 17.8 Å². The molecule has 0 unspecified atom stereocenters. The van der Waals surface area contributed by atoms with E-state index in [4.69, 9.17) is 0 Å². The van der Waals surface area contributed by atoms with E-state index in [9.17, 15) is 0 Å². The molecule has 20 heavy (non-hydrogen) atoms. The highest BCUT2D eigenvalue weighted by Crippen LogP contribution is 2.10. The zero-order valence-electron chi connectivity index (χ0n) is 11.5. The minimum Gasteiger partial charge on any atom is -0.338 e. The minimum atomic E-state index is 0.829. The highest BCUT2D eigenvalue weighted by atomic mass is 15.4. The van der Waals surface area contributed by atoms with Gasteiger partial charge >= 0.3 is 0 Å². The number of H-pyrrole nitrogens is 1. The van der Waals surface area contributed by atoms with Gasteiger partial charge in [0.25, 0.3) is 0 Å². The third-order valence-electron chi connectivity index (χ3n) is 3.52. The van der Waals surface area contributed by atoms with Crippen LogP contribution in [0.15, 0.2) is 24.5 Å². The van der Waals surface area contributed by atoms with Crippen molar-refractivity contribution in [1.29, 1.82) is 0 Å². The fourth-order valence-electron chi connectivity index (χ4n) is 2.39. The molecule has 2 N–H and O–H groups in total. The average molecular weight is 272 g/mol. The molecule has 106 valence electrons. The summed E-state index contributed by atoms with van der Waals surface area (Å²) in [4.78, 5) is 11.0. The van der Waals surface area contributed by atoms with Gasteiger partial charge in [0.2, 0.25) is 5.95 Å². The summed E-state index contributed by atoms with van der Waals surface area (Å²) in [6, 6.07) is 4.05. The minimum absolute atomic E-state index is 0.829. The number of nitrogens with one attached hydrogen (secondary N) is 2. The standard InChI is InChI=1S/C14H20N6/c1-3-12(11-16-6-1)4-5-13-17-14(19-18-13)20-9-2-7-15-8-10-20/h1,3,6,11,15H,2,4-5,7-10H2,(H,17,18,19). The van der Waals surface area contributed by atoms with Crippen molar-refractivity contribution < 1.29 is 0 Å². The lowest BCUT2D eigenvalue weighted by Crippen LogP contribution is -2.28. The van der Waals surface area contributed by atoms with Crippen LogP contribution in [0.5, 0.6) is 0 Å². The van der Waals surface area contributed by atoms with Gasteiger partial charge in [-0.2, -0.15) is 4.98 Å². The van der Waals surface area contributed by atoms with Gasteiger partial charge < -0.3 is 10.2 Å². The second-order valence-corrected chi connectivity index (χ2v) is 5.03. The van der Waals surface area contributed by atoms with E-state index < -0.39 is 0 Å². The molecule has 3 rings (SSSR count). The molecule has 2 aromatic rings. The Kier molecular flexibility index (Phi) is 4.22. The average Bonchev–Trinajstić information content (AvgIpc) is 2.80. The second kappa shape index (κ2) is 6.47. The number of hydrogen-bond donors (Lipinski definition) is 2. The van der Waals surface area contributed by atoms with Crippen molar-refractivity contribution in [2.75, 3.05) is 31.1 Å². The van der Waals surface area contributed by atoms with E-state index in [-0.39, 0.29) is 0 Å². The molecular formula is C14H20N6. The molecule has 0 saturated carbocycles. The van der Waals surface area contributed by atoms with Crippen molar-refractivity contribution in [2.24, 2.45) is 0 Å². The van der Waals surface area contributed by atoms with Gasteiger partial charge in [0, 0.05) is 38.4 Å². The van der Waals surface area contributed by atoms with Crippen molar-refractivity contribution in [3.8, 4) is 0 Å². The molecule has 0 aliphatic carbocycles. The quantitative estimate of drug-likeness (QED) is 0.861. The summed E-state index contributed by atoms with van der Waals surface area (Å²) < 4.78 is 0. The molecule has 1 aliphatic rings. The van der Waals surface area contributed by atoms with Gasteiger partial charge in [0.15, 0.2) is 0 Å². The van der Waals surface area contributed by atoms with Gasteiger partial charge in [-0.05, 0) is 31.0 Å². The monoisotopic (exact) mass is 272 g/mol. The number of nitrogens with zero attached hydrogens (tertiary/aromatic N) is 4. The Bertz CT molecular complexity index is 515. The van der Waals surface area contributed by atoms with Crippen molar-refractivity contribution in [3.05, 3.63) is 35.9 Å². The first kappa shape index (κ1) is 13.1. The maximum absolute atomic E-state index is 4.60. The maximum atomic E-state index is 4.60. The molecule has 0 radical (unpaired) electrons. The molecule has 6 nitrogen and oxygen atoms in total. The summed E-state index contributed by atoms with van der Waals surface area (Å²) in [7, 11) is 0. The zero-order valence-corrected chi connectivity index (χ0v) is 11.5. The molecule has 3 heterocycles. The highest BCUT2D eigenvalue weighted by molar-refractivity contribution is 5.29. The summed E-state index contributed by atoms with van der Waals surface area (Å²) in [5.74, 6) is 1.77. The van der Waals surface area contributed by atoms with Crippen LogP contribution >= 0.6 is 0 Å². The number of aromatic nitrogens is 4. The Morgan fingerprint density at radius 1 is 1.20 bits per heavy atom. The number of aryl methyl sites for hydroxylation is 2. The van der Waals surface area contributed by atoms with Gasteiger partial charge in [0.1, 0.15) is 5.82 Å². The third kappa shape index (κ3) is 3.33. The summed E-state index contributed by atoms with van der Waals surface area (Å²) in [5.41, 5.74) is 1.23. The van der Waals surface area contributed by atoms with Gasteiger partial charge in [-0.25, -0.2) is 0 Å². The molecule has 2 aromatic heterocycles. The van der Waals surface area contributed by atoms with Crippen LogP contribution in [-0.2, 0) is 12.8 Å². The van der Waals surface area contributed by atoms with Gasteiger partial charge in [-0.3, -0.25) is 10.1 Å². The van der Waals surface area contributed by atoms with Crippen LogP contribution in [0, 0.1) is 0 Å². The summed E-state index contributed by atoms with van der Waals surface area (Å²) in [5, 5.41) is 10.8. The number of aromatic amines is 1. The first-order valence-electron chi connectivity index (χ1n) is 7.18. The topological polar surface area (TPSA) is 69.7 Å². The maximum Gasteiger partial charge on any atom is 0.244 e. The highest BCUT2D eigenvalue weighted by Gasteiger charge is 2.13. The third-order valence-corrected chi connectivity index (χ3v) is 3.52. The first-order valence-corrected chi connectivity index (χ1v) is 7.18. The van der Waals surface area contributed by atoms with E-state index >= 15 is 0 Å². The summed E-state index contributed by atoms with van der Waals surface area (Å²) in [6.45, 7) is 4.07. The fourth-order valence-corrected chi connectivity index (χ4v) is 2.39. The van der Waals surface area contributed by atoms with Crippen LogP contribution in [-0.4, -0.2) is 46.3 Å². The number of anilines is 1. The van der Waals surface area contributed by atoms with Crippen LogP contribution < -0.4 is 10.2 Å². The molecule has 0 bridgehead atoms. The molecule has 1 aliphatic heterocycles. The number of rotatable bonds is 4. The van der Waals surface area contributed by atoms with E-state index in [0.717, 1.165) is 57.2 Å². The Morgan fingerprint density at radius 3 is 3.10 bits per heavy atom.